The second-order valence-electron chi connectivity index (χ2n) is 5.47. The van der Waals surface area contributed by atoms with Gasteiger partial charge in [-0.15, -0.1) is 0 Å². The first-order valence-corrected chi connectivity index (χ1v) is 7.87. The van der Waals surface area contributed by atoms with Crippen molar-refractivity contribution < 1.29 is 23.4 Å². The van der Waals surface area contributed by atoms with Gasteiger partial charge in [0.15, 0.2) is 5.82 Å². The third kappa shape index (κ3) is 3.50. The van der Waals surface area contributed by atoms with Crippen molar-refractivity contribution in [3.8, 4) is 22.9 Å². The lowest BCUT2D eigenvalue weighted by atomic mass is 10.1. The number of hydrogen-bond donors (Lipinski definition) is 1. The van der Waals surface area contributed by atoms with Crippen molar-refractivity contribution in [2.75, 3.05) is 0 Å². The Morgan fingerprint density at radius 3 is 2.50 bits per heavy atom. The van der Waals surface area contributed by atoms with Crippen LogP contribution in [0.25, 0.3) is 11.3 Å². The summed E-state index contributed by atoms with van der Waals surface area (Å²) in [5, 5.41) is 9.53. The van der Waals surface area contributed by atoms with Crippen LogP contribution >= 0.6 is 11.6 Å². The van der Waals surface area contributed by atoms with Crippen LogP contribution in [-0.2, 0) is 0 Å². The second-order valence-corrected chi connectivity index (χ2v) is 5.88. The smallest absolute Gasteiger partial charge is 0.341 e. The Morgan fingerprint density at radius 1 is 1.12 bits per heavy atom. The number of aryl methyl sites for hydroxylation is 1. The Balaban J connectivity index is 2.14. The Kier molecular flexibility index (Phi) is 4.86. The number of ether oxygens (including phenoxy) is 1. The number of carbonyl (C=O) groups is 1. The molecule has 132 valence electrons. The first-order chi connectivity index (χ1) is 12.4. The molecule has 1 N–H and O–H groups in total. The predicted molar refractivity (Wildman–Crippen MR) is 92.8 cm³/mol. The van der Waals surface area contributed by atoms with E-state index in [0.29, 0.717) is 5.56 Å². The Labute approximate surface area is 152 Å². The van der Waals surface area contributed by atoms with E-state index >= 15 is 0 Å². The van der Waals surface area contributed by atoms with Crippen LogP contribution in [0, 0.1) is 18.6 Å². The number of rotatable bonds is 4. The fourth-order valence-corrected chi connectivity index (χ4v) is 2.45. The van der Waals surface area contributed by atoms with Gasteiger partial charge in [-0.1, -0.05) is 35.9 Å². The largest absolute Gasteiger partial charge is 0.477 e. The van der Waals surface area contributed by atoms with Crippen molar-refractivity contribution in [3.05, 3.63) is 76.3 Å². The van der Waals surface area contributed by atoms with Crippen LogP contribution in [0.2, 0.25) is 5.02 Å². The van der Waals surface area contributed by atoms with E-state index in [4.69, 9.17) is 16.3 Å². The zero-order valence-corrected chi connectivity index (χ0v) is 14.2. The van der Waals surface area contributed by atoms with Gasteiger partial charge in [0.05, 0.1) is 5.02 Å². The maximum atomic E-state index is 14.4. The molecule has 0 unspecified atom stereocenters. The van der Waals surface area contributed by atoms with E-state index in [1.54, 1.807) is 25.1 Å². The lowest BCUT2D eigenvalue weighted by Gasteiger charge is -2.12. The van der Waals surface area contributed by atoms with E-state index in [-0.39, 0.29) is 27.9 Å². The molecule has 1 heterocycles. The molecule has 1 aromatic heterocycles. The number of aromatic nitrogens is 1. The number of halogens is 3. The van der Waals surface area contributed by atoms with Crippen molar-refractivity contribution in [3.63, 3.8) is 0 Å². The standard InChI is InChI=1S/C19H12ClF2NO3/c1-10-6-7-11(8-14(10)21)17-15(22)9-12(19(24)25)18(23-17)26-16-5-3-2-4-13(16)20/h2-9H,1H3,(H,24,25). The molecule has 2 aromatic carbocycles. The van der Waals surface area contributed by atoms with Gasteiger partial charge in [-0.05, 0) is 36.8 Å². The summed E-state index contributed by atoms with van der Waals surface area (Å²) < 4.78 is 33.7. The molecule has 4 nitrogen and oxygen atoms in total. The van der Waals surface area contributed by atoms with Gasteiger partial charge < -0.3 is 9.84 Å². The predicted octanol–water partition coefficient (Wildman–Crippen LogP) is 5.48. The third-order valence-corrected chi connectivity index (χ3v) is 3.97. The summed E-state index contributed by atoms with van der Waals surface area (Å²) in [6.45, 7) is 1.57. The van der Waals surface area contributed by atoms with Gasteiger partial charge >= 0.3 is 5.97 Å². The average Bonchev–Trinajstić information content (AvgIpc) is 2.60. The minimum absolute atomic E-state index is 0.159. The molecule has 0 fully saturated rings. The molecule has 3 aromatic rings. The van der Waals surface area contributed by atoms with Crippen molar-refractivity contribution in [2.45, 2.75) is 6.92 Å². The average molecular weight is 376 g/mol. The first kappa shape index (κ1) is 17.8. The minimum Gasteiger partial charge on any atom is -0.477 e. The van der Waals surface area contributed by atoms with Gasteiger partial charge in [-0.25, -0.2) is 18.6 Å². The summed E-state index contributed by atoms with van der Waals surface area (Å²) in [5.74, 6) is -3.03. The normalized spacial score (nSPS) is 10.6. The fraction of sp³-hybridized carbons (Fsp3) is 0.0526. The van der Waals surface area contributed by atoms with E-state index in [2.05, 4.69) is 4.98 Å². The maximum absolute atomic E-state index is 14.4. The van der Waals surface area contributed by atoms with E-state index in [9.17, 15) is 18.7 Å². The number of aromatic carboxylic acids is 1. The van der Waals surface area contributed by atoms with Gasteiger partial charge in [0.1, 0.15) is 22.8 Å². The van der Waals surface area contributed by atoms with Crippen LogP contribution in [0.3, 0.4) is 0 Å². The summed E-state index contributed by atoms with van der Waals surface area (Å²) in [6.07, 6.45) is 0. The quantitative estimate of drug-likeness (QED) is 0.656. The summed E-state index contributed by atoms with van der Waals surface area (Å²) in [5.41, 5.74) is -0.148. The van der Waals surface area contributed by atoms with Crippen LogP contribution in [-0.4, -0.2) is 16.1 Å². The van der Waals surface area contributed by atoms with Crippen LogP contribution in [0.4, 0.5) is 8.78 Å². The Morgan fingerprint density at radius 2 is 1.85 bits per heavy atom. The second kappa shape index (κ2) is 7.09. The van der Waals surface area contributed by atoms with E-state index < -0.39 is 23.2 Å². The molecular formula is C19H12ClF2NO3. The van der Waals surface area contributed by atoms with Crippen molar-refractivity contribution >= 4 is 17.6 Å². The third-order valence-electron chi connectivity index (χ3n) is 3.66. The molecule has 7 heteroatoms. The Bertz CT molecular complexity index is 1010. The Hall–Kier alpha value is -2.99. The van der Waals surface area contributed by atoms with Gasteiger partial charge in [-0.3, -0.25) is 0 Å². The van der Waals surface area contributed by atoms with Gasteiger partial charge in [0, 0.05) is 5.56 Å². The van der Waals surface area contributed by atoms with Crippen molar-refractivity contribution in [2.24, 2.45) is 0 Å². The van der Waals surface area contributed by atoms with E-state index in [1.165, 1.54) is 18.2 Å². The molecule has 0 saturated heterocycles. The monoisotopic (exact) mass is 375 g/mol. The zero-order valence-electron chi connectivity index (χ0n) is 13.5. The van der Waals surface area contributed by atoms with Crippen molar-refractivity contribution in [1.29, 1.82) is 0 Å². The van der Waals surface area contributed by atoms with Crippen LogP contribution < -0.4 is 4.74 Å². The number of hydrogen-bond acceptors (Lipinski definition) is 3. The summed E-state index contributed by atoms with van der Waals surface area (Å²) in [4.78, 5) is 15.4. The van der Waals surface area contributed by atoms with Gasteiger partial charge in [0.25, 0.3) is 0 Å². The highest BCUT2D eigenvalue weighted by molar-refractivity contribution is 6.32. The molecule has 0 aliphatic heterocycles. The highest BCUT2D eigenvalue weighted by Gasteiger charge is 2.21. The van der Waals surface area contributed by atoms with Crippen LogP contribution in [0.15, 0.2) is 48.5 Å². The minimum atomic E-state index is -1.42. The molecular weight excluding hydrogens is 364 g/mol. The van der Waals surface area contributed by atoms with E-state index in [1.807, 2.05) is 0 Å². The summed E-state index contributed by atoms with van der Waals surface area (Å²) in [6, 6.07) is 11.3. The number of pyridine rings is 1. The van der Waals surface area contributed by atoms with Gasteiger partial charge in [-0.2, -0.15) is 0 Å². The van der Waals surface area contributed by atoms with Crippen molar-refractivity contribution in [1.82, 2.24) is 4.98 Å². The first-order valence-electron chi connectivity index (χ1n) is 7.49. The number of benzene rings is 2. The molecule has 0 amide bonds. The molecule has 0 spiro atoms. The molecule has 0 atom stereocenters. The lowest BCUT2D eigenvalue weighted by Crippen LogP contribution is -2.05. The molecule has 0 aliphatic rings. The molecule has 0 bridgehead atoms. The van der Waals surface area contributed by atoms with E-state index in [0.717, 1.165) is 12.1 Å². The van der Waals surface area contributed by atoms with Crippen LogP contribution in [0.1, 0.15) is 15.9 Å². The number of carboxylic acid groups (broad SMARTS) is 1. The molecule has 0 saturated carbocycles. The SMILES string of the molecule is Cc1ccc(-c2nc(Oc3ccccc3Cl)c(C(=O)O)cc2F)cc1F. The maximum Gasteiger partial charge on any atom is 0.341 e. The number of carboxylic acids is 1. The molecule has 0 aliphatic carbocycles. The lowest BCUT2D eigenvalue weighted by molar-refractivity contribution is 0.0692. The summed E-state index contributed by atoms with van der Waals surface area (Å²) in [7, 11) is 0. The molecule has 26 heavy (non-hydrogen) atoms. The molecule has 0 radical (unpaired) electrons. The fourth-order valence-electron chi connectivity index (χ4n) is 2.28. The zero-order chi connectivity index (χ0) is 18.8. The topological polar surface area (TPSA) is 59.4 Å². The molecule has 3 rings (SSSR count). The highest BCUT2D eigenvalue weighted by Crippen LogP contribution is 2.33. The van der Waals surface area contributed by atoms with Gasteiger partial charge in [0.2, 0.25) is 5.88 Å². The van der Waals surface area contributed by atoms with Crippen LogP contribution in [0.5, 0.6) is 11.6 Å². The summed E-state index contributed by atoms with van der Waals surface area (Å²) >= 11 is 6.01. The number of para-hydroxylation sites is 1. The highest BCUT2D eigenvalue weighted by atomic mass is 35.5. The number of nitrogens with zero attached hydrogens (tertiary/aromatic N) is 1.